The standard InChI is InChI=1S/C16H14BrN3O2S/c1-2-7-23-16-19-14-13(15(22)20-16)10(8-12(21)18-14)9-5-3-4-6-11(9)17/h2-6,10H,1,7-8H2,(H2,18,19,20,21,22). The number of halogens is 1. The van der Waals surface area contributed by atoms with E-state index in [9.17, 15) is 9.59 Å². The third-order valence-electron chi connectivity index (χ3n) is 3.55. The Morgan fingerprint density at radius 2 is 2.17 bits per heavy atom. The number of anilines is 1. The van der Waals surface area contributed by atoms with E-state index < -0.39 is 0 Å². The SMILES string of the molecule is C=CCSc1nc2c(c(=O)[nH]1)C(c1ccccc1Br)CC(=O)N2. The normalized spacial score (nSPS) is 16.6. The number of rotatable bonds is 4. The van der Waals surface area contributed by atoms with Gasteiger partial charge in [0.1, 0.15) is 5.82 Å². The van der Waals surface area contributed by atoms with Crippen molar-refractivity contribution in [1.29, 1.82) is 0 Å². The Morgan fingerprint density at radius 3 is 2.91 bits per heavy atom. The summed E-state index contributed by atoms with van der Waals surface area (Å²) in [6, 6.07) is 7.60. The molecule has 0 aliphatic carbocycles. The first-order chi connectivity index (χ1) is 11.1. The third-order valence-corrected chi connectivity index (χ3v) is 5.14. The number of benzene rings is 1. The van der Waals surface area contributed by atoms with Gasteiger partial charge in [-0.2, -0.15) is 0 Å². The number of carbonyl (C=O) groups excluding carboxylic acids is 1. The molecule has 1 atom stereocenters. The zero-order valence-corrected chi connectivity index (χ0v) is 14.5. The molecule has 1 aliphatic heterocycles. The molecule has 3 rings (SSSR count). The van der Waals surface area contributed by atoms with E-state index in [1.54, 1.807) is 6.08 Å². The van der Waals surface area contributed by atoms with Crippen LogP contribution in [0.15, 0.2) is 51.3 Å². The molecule has 2 N–H and O–H groups in total. The number of hydrogen-bond acceptors (Lipinski definition) is 4. The molecule has 118 valence electrons. The van der Waals surface area contributed by atoms with Gasteiger partial charge in [-0.25, -0.2) is 4.98 Å². The van der Waals surface area contributed by atoms with Gasteiger partial charge in [0.15, 0.2) is 5.16 Å². The van der Waals surface area contributed by atoms with Crippen LogP contribution in [0.25, 0.3) is 0 Å². The second kappa shape index (κ2) is 6.72. The zero-order valence-electron chi connectivity index (χ0n) is 12.1. The molecule has 1 aromatic heterocycles. The third kappa shape index (κ3) is 3.25. The molecule has 5 nitrogen and oxygen atoms in total. The van der Waals surface area contributed by atoms with Crippen molar-refractivity contribution < 1.29 is 4.79 Å². The van der Waals surface area contributed by atoms with Crippen LogP contribution in [0, 0.1) is 0 Å². The molecule has 23 heavy (non-hydrogen) atoms. The van der Waals surface area contributed by atoms with Gasteiger partial charge < -0.3 is 10.3 Å². The van der Waals surface area contributed by atoms with Crippen molar-refractivity contribution in [2.75, 3.05) is 11.1 Å². The average molecular weight is 392 g/mol. The van der Waals surface area contributed by atoms with E-state index in [-0.39, 0.29) is 23.8 Å². The maximum Gasteiger partial charge on any atom is 0.257 e. The van der Waals surface area contributed by atoms with Gasteiger partial charge in [-0.3, -0.25) is 9.59 Å². The molecule has 2 heterocycles. The lowest BCUT2D eigenvalue weighted by molar-refractivity contribution is -0.116. The Morgan fingerprint density at radius 1 is 1.39 bits per heavy atom. The maximum atomic E-state index is 12.5. The lowest BCUT2D eigenvalue weighted by Crippen LogP contribution is -2.31. The first-order valence-corrected chi connectivity index (χ1v) is 8.80. The molecular weight excluding hydrogens is 378 g/mol. The Balaban J connectivity index is 2.11. The van der Waals surface area contributed by atoms with Crippen molar-refractivity contribution in [3.05, 3.63) is 62.9 Å². The number of carbonyl (C=O) groups is 1. The maximum absolute atomic E-state index is 12.5. The van der Waals surface area contributed by atoms with Crippen molar-refractivity contribution in [3.8, 4) is 0 Å². The van der Waals surface area contributed by atoms with Gasteiger partial charge in [-0.1, -0.05) is 52.0 Å². The Labute approximate surface area is 145 Å². The summed E-state index contributed by atoms with van der Waals surface area (Å²) in [6.45, 7) is 3.64. The number of nitrogens with zero attached hydrogens (tertiary/aromatic N) is 1. The number of fused-ring (bicyclic) bond motifs is 1. The molecule has 0 fully saturated rings. The largest absolute Gasteiger partial charge is 0.310 e. The summed E-state index contributed by atoms with van der Waals surface area (Å²) in [7, 11) is 0. The Bertz CT molecular complexity index is 834. The summed E-state index contributed by atoms with van der Waals surface area (Å²) in [4.78, 5) is 31.8. The highest BCUT2D eigenvalue weighted by Crippen LogP contribution is 2.37. The Kier molecular flexibility index (Phi) is 4.68. The zero-order chi connectivity index (χ0) is 16.4. The van der Waals surface area contributed by atoms with E-state index in [2.05, 4.69) is 37.8 Å². The minimum atomic E-state index is -0.316. The number of thioether (sulfide) groups is 1. The second-order valence-corrected chi connectivity index (χ2v) is 6.92. The monoisotopic (exact) mass is 391 g/mol. The quantitative estimate of drug-likeness (QED) is 0.476. The summed E-state index contributed by atoms with van der Waals surface area (Å²) >= 11 is 4.86. The molecule has 1 unspecified atom stereocenters. The van der Waals surface area contributed by atoms with Crippen molar-refractivity contribution in [2.24, 2.45) is 0 Å². The summed E-state index contributed by atoms with van der Waals surface area (Å²) in [5.41, 5.74) is 1.18. The number of amides is 1. The van der Waals surface area contributed by atoms with E-state index in [1.165, 1.54) is 11.8 Å². The molecule has 0 saturated heterocycles. The highest BCUT2D eigenvalue weighted by Gasteiger charge is 2.31. The van der Waals surface area contributed by atoms with E-state index in [0.29, 0.717) is 22.3 Å². The molecular formula is C16H14BrN3O2S. The van der Waals surface area contributed by atoms with Gasteiger partial charge >= 0.3 is 0 Å². The summed E-state index contributed by atoms with van der Waals surface area (Å²) < 4.78 is 0.871. The Hall–Kier alpha value is -1.86. The number of nitrogens with one attached hydrogen (secondary N) is 2. The molecule has 1 amide bonds. The first-order valence-electron chi connectivity index (χ1n) is 7.02. The van der Waals surface area contributed by atoms with Crippen LogP contribution in [-0.4, -0.2) is 21.6 Å². The second-order valence-electron chi connectivity index (χ2n) is 5.06. The summed E-state index contributed by atoms with van der Waals surface area (Å²) in [5.74, 6) is 0.515. The van der Waals surface area contributed by atoms with E-state index in [1.807, 2.05) is 24.3 Å². The number of aromatic nitrogens is 2. The van der Waals surface area contributed by atoms with Crippen LogP contribution >= 0.6 is 27.7 Å². The number of aromatic amines is 1. The molecule has 0 spiro atoms. The fraction of sp³-hybridized carbons (Fsp3) is 0.188. The average Bonchev–Trinajstić information content (AvgIpc) is 2.52. The minimum absolute atomic E-state index is 0.143. The van der Waals surface area contributed by atoms with Gasteiger partial charge in [0.2, 0.25) is 5.91 Å². The molecule has 0 bridgehead atoms. The van der Waals surface area contributed by atoms with E-state index in [4.69, 9.17) is 0 Å². The predicted octanol–water partition coefficient (Wildman–Crippen LogP) is 3.28. The molecule has 2 aromatic rings. The van der Waals surface area contributed by atoms with Gasteiger partial charge in [0.25, 0.3) is 5.56 Å². The van der Waals surface area contributed by atoms with Crippen LogP contribution in [0.2, 0.25) is 0 Å². The summed E-state index contributed by atoms with van der Waals surface area (Å²) in [5, 5.41) is 3.19. The lowest BCUT2D eigenvalue weighted by atomic mass is 9.87. The summed E-state index contributed by atoms with van der Waals surface area (Å²) in [6.07, 6.45) is 1.95. The molecule has 0 saturated carbocycles. The van der Waals surface area contributed by atoms with Gasteiger partial charge in [-0.15, -0.1) is 6.58 Å². The first kappa shape index (κ1) is 16.0. The molecule has 1 aliphatic rings. The van der Waals surface area contributed by atoms with Crippen LogP contribution in [0.1, 0.15) is 23.5 Å². The van der Waals surface area contributed by atoms with Crippen LogP contribution in [0.4, 0.5) is 5.82 Å². The minimum Gasteiger partial charge on any atom is -0.310 e. The van der Waals surface area contributed by atoms with Crippen LogP contribution < -0.4 is 10.9 Å². The van der Waals surface area contributed by atoms with Crippen LogP contribution in [-0.2, 0) is 4.79 Å². The van der Waals surface area contributed by atoms with Crippen molar-refractivity contribution in [2.45, 2.75) is 17.5 Å². The molecule has 1 aromatic carbocycles. The van der Waals surface area contributed by atoms with E-state index in [0.717, 1.165) is 10.0 Å². The van der Waals surface area contributed by atoms with Crippen molar-refractivity contribution in [3.63, 3.8) is 0 Å². The number of H-pyrrole nitrogens is 1. The van der Waals surface area contributed by atoms with Crippen LogP contribution in [0.5, 0.6) is 0 Å². The van der Waals surface area contributed by atoms with Gasteiger partial charge in [0, 0.05) is 22.6 Å². The topological polar surface area (TPSA) is 74.8 Å². The predicted molar refractivity (Wildman–Crippen MR) is 95.0 cm³/mol. The molecule has 7 heteroatoms. The van der Waals surface area contributed by atoms with E-state index >= 15 is 0 Å². The smallest absolute Gasteiger partial charge is 0.257 e. The fourth-order valence-corrected chi connectivity index (χ4v) is 3.74. The highest BCUT2D eigenvalue weighted by atomic mass is 79.9. The number of hydrogen-bond donors (Lipinski definition) is 2. The van der Waals surface area contributed by atoms with Crippen LogP contribution in [0.3, 0.4) is 0 Å². The van der Waals surface area contributed by atoms with Gasteiger partial charge in [0.05, 0.1) is 5.56 Å². The highest BCUT2D eigenvalue weighted by molar-refractivity contribution is 9.10. The lowest BCUT2D eigenvalue weighted by Gasteiger charge is -2.25. The fourth-order valence-electron chi connectivity index (χ4n) is 2.58. The van der Waals surface area contributed by atoms with Crippen molar-refractivity contribution in [1.82, 2.24) is 9.97 Å². The molecule has 0 radical (unpaired) electrons. The van der Waals surface area contributed by atoms with Crippen molar-refractivity contribution >= 4 is 39.4 Å². The van der Waals surface area contributed by atoms with Gasteiger partial charge in [-0.05, 0) is 11.6 Å².